The van der Waals surface area contributed by atoms with E-state index in [4.69, 9.17) is 10.00 Å². The molecule has 2 N–H and O–H groups in total. The first-order chi connectivity index (χ1) is 18.9. The molecule has 0 aliphatic heterocycles. The number of ether oxygens (including phenoxy) is 1. The lowest BCUT2D eigenvalue weighted by molar-refractivity contribution is 0.0548. The second-order valence-electron chi connectivity index (χ2n) is 8.82. The monoisotopic (exact) mass is 541 g/mol. The van der Waals surface area contributed by atoms with Crippen LogP contribution in [0.3, 0.4) is 0 Å². The van der Waals surface area contributed by atoms with Gasteiger partial charge in [-0.25, -0.2) is 9.78 Å². The highest BCUT2D eigenvalue weighted by Crippen LogP contribution is 2.35. The Labute approximate surface area is 227 Å². The number of benzene rings is 1. The van der Waals surface area contributed by atoms with Crippen molar-refractivity contribution in [3.63, 3.8) is 0 Å². The highest BCUT2D eigenvalue weighted by molar-refractivity contribution is 7.12. The maximum absolute atomic E-state index is 13.4. The predicted octanol–water partition coefficient (Wildman–Crippen LogP) is 3.06. The zero-order chi connectivity index (χ0) is 27.5. The van der Waals surface area contributed by atoms with Crippen molar-refractivity contribution in [2.45, 2.75) is 32.4 Å². The van der Waals surface area contributed by atoms with E-state index in [1.165, 1.54) is 34.3 Å². The fourth-order valence-corrected chi connectivity index (χ4v) is 5.32. The minimum atomic E-state index is -0.487. The van der Waals surface area contributed by atoms with Gasteiger partial charge < -0.3 is 15.4 Å². The van der Waals surface area contributed by atoms with Gasteiger partial charge in [-0.3, -0.25) is 9.59 Å². The Balaban J connectivity index is 1.35. The van der Waals surface area contributed by atoms with E-state index < -0.39 is 17.8 Å². The summed E-state index contributed by atoms with van der Waals surface area (Å²) < 4.78 is 6.47. The summed E-state index contributed by atoms with van der Waals surface area (Å²) in [5.74, 6) is -1.23. The first kappa shape index (κ1) is 25.7. The van der Waals surface area contributed by atoms with Crippen molar-refractivity contribution in [1.29, 1.82) is 5.26 Å². The summed E-state index contributed by atoms with van der Waals surface area (Å²) in [6, 6.07) is 10.2. The number of nitrogens with one attached hydrogen (secondary N) is 2. The average Bonchev–Trinajstić information content (AvgIpc) is 3.70. The van der Waals surface area contributed by atoms with Gasteiger partial charge in [0.05, 0.1) is 18.2 Å². The van der Waals surface area contributed by atoms with Crippen LogP contribution >= 0.6 is 11.3 Å². The molecule has 0 saturated heterocycles. The lowest BCUT2D eigenvalue weighted by atomic mass is 9.98. The van der Waals surface area contributed by atoms with Crippen LogP contribution in [0.15, 0.2) is 49.3 Å². The average molecular weight is 542 g/mol. The Morgan fingerprint density at radius 3 is 2.90 bits per heavy atom. The molecule has 0 saturated carbocycles. The zero-order valence-electron chi connectivity index (χ0n) is 20.9. The molecular formula is C27H23N7O4S. The molecule has 0 fully saturated rings. The van der Waals surface area contributed by atoms with Crippen molar-refractivity contribution in [2.24, 2.45) is 0 Å². The molecule has 1 aromatic carbocycles. The highest BCUT2D eigenvalue weighted by atomic mass is 32.1. The molecule has 4 aromatic rings. The Morgan fingerprint density at radius 2 is 2.13 bits per heavy atom. The number of esters is 1. The minimum absolute atomic E-state index is 0.0167. The minimum Gasteiger partial charge on any atom is -0.458 e. The molecule has 11 nitrogen and oxygen atoms in total. The molecule has 0 spiro atoms. The summed E-state index contributed by atoms with van der Waals surface area (Å²) in [4.78, 5) is 48.3. The van der Waals surface area contributed by atoms with E-state index in [0.29, 0.717) is 23.3 Å². The van der Waals surface area contributed by atoms with Gasteiger partial charge in [-0.05, 0) is 54.7 Å². The van der Waals surface area contributed by atoms with E-state index in [1.807, 2.05) is 13.0 Å². The van der Waals surface area contributed by atoms with Gasteiger partial charge in [0, 0.05) is 10.9 Å². The summed E-state index contributed by atoms with van der Waals surface area (Å²) in [5, 5.41) is 18.9. The zero-order valence-corrected chi connectivity index (χ0v) is 21.7. The van der Waals surface area contributed by atoms with Crippen LogP contribution in [0.4, 0.5) is 0 Å². The van der Waals surface area contributed by atoms with Crippen molar-refractivity contribution in [3.8, 4) is 6.07 Å². The number of carbonyl (C=O) groups excluding carboxylic acids is 3. The standard InChI is InChI=1S/C27H23N7O4S/c1-3-10-38-26(37)19-6-7-20-18(15(19)2)8-9-21(20)32-25(36)23-11-22(33-27-30-14-31-34(23)27)24(35)29-13-17-5-4-16(12-28)39-17/h3-7,11,14,21H,1,8-10,13H2,2H3,(H,29,35)(H,32,36)/t21-/m0/s1. The van der Waals surface area contributed by atoms with E-state index in [1.54, 1.807) is 18.2 Å². The van der Waals surface area contributed by atoms with Crippen LogP contribution in [0.25, 0.3) is 5.78 Å². The number of nitriles is 1. The topological polar surface area (TPSA) is 151 Å². The molecule has 196 valence electrons. The van der Waals surface area contributed by atoms with Crippen LogP contribution in [-0.2, 0) is 17.7 Å². The number of aromatic nitrogens is 4. The molecular weight excluding hydrogens is 518 g/mol. The third-order valence-electron chi connectivity index (χ3n) is 6.46. The molecule has 2 amide bonds. The van der Waals surface area contributed by atoms with Crippen molar-refractivity contribution >= 4 is 34.9 Å². The Morgan fingerprint density at radius 1 is 1.28 bits per heavy atom. The largest absolute Gasteiger partial charge is 0.458 e. The van der Waals surface area contributed by atoms with Crippen molar-refractivity contribution in [2.75, 3.05) is 6.61 Å². The Hall–Kier alpha value is -4.89. The fraction of sp³-hybridized carbons (Fsp3) is 0.222. The van der Waals surface area contributed by atoms with E-state index in [9.17, 15) is 14.4 Å². The van der Waals surface area contributed by atoms with Gasteiger partial charge in [-0.15, -0.1) is 11.3 Å². The summed E-state index contributed by atoms with van der Waals surface area (Å²) in [6.45, 7) is 5.78. The van der Waals surface area contributed by atoms with Gasteiger partial charge in [-0.2, -0.15) is 19.9 Å². The van der Waals surface area contributed by atoms with Crippen LogP contribution in [-0.4, -0.2) is 44.0 Å². The molecule has 3 aromatic heterocycles. The number of thiophene rings is 1. The van der Waals surface area contributed by atoms with E-state index in [0.717, 1.165) is 21.6 Å². The number of hydrogen-bond donors (Lipinski definition) is 2. The lowest BCUT2D eigenvalue weighted by Gasteiger charge is -2.16. The first-order valence-corrected chi connectivity index (χ1v) is 12.9. The van der Waals surface area contributed by atoms with E-state index >= 15 is 0 Å². The van der Waals surface area contributed by atoms with Gasteiger partial charge in [0.15, 0.2) is 0 Å². The number of nitrogens with zero attached hydrogens (tertiary/aromatic N) is 5. The van der Waals surface area contributed by atoms with Crippen LogP contribution in [0, 0.1) is 18.3 Å². The number of amides is 2. The first-order valence-electron chi connectivity index (χ1n) is 12.1. The Kier molecular flexibility index (Phi) is 7.16. The van der Waals surface area contributed by atoms with Crippen molar-refractivity contribution in [3.05, 3.63) is 92.7 Å². The van der Waals surface area contributed by atoms with Crippen LogP contribution in [0.1, 0.15) is 70.2 Å². The molecule has 0 radical (unpaired) electrons. The lowest BCUT2D eigenvalue weighted by Crippen LogP contribution is -2.30. The Bertz CT molecular complexity index is 1670. The van der Waals surface area contributed by atoms with Crippen molar-refractivity contribution < 1.29 is 19.1 Å². The smallest absolute Gasteiger partial charge is 0.338 e. The summed E-state index contributed by atoms with van der Waals surface area (Å²) in [7, 11) is 0. The number of hydrogen-bond acceptors (Lipinski definition) is 9. The number of fused-ring (bicyclic) bond motifs is 2. The second-order valence-corrected chi connectivity index (χ2v) is 9.98. The fourth-order valence-electron chi connectivity index (χ4n) is 4.58. The molecule has 1 aliphatic carbocycles. The number of rotatable bonds is 8. The van der Waals surface area contributed by atoms with Gasteiger partial charge in [-0.1, -0.05) is 18.7 Å². The quantitative estimate of drug-likeness (QED) is 0.255. The molecule has 3 heterocycles. The van der Waals surface area contributed by atoms with Crippen LogP contribution < -0.4 is 10.6 Å². The normalized spacial score (nSPS) is 13.9. The summed E-state index contributed by atoms with van der Waals surface area (Å²) >= 11 is 1.28. The molecule has 0 unspecified atom stereocenters. The SMILES string of the molecule is C=CCOC(=O)c1ccc2c(c1C)CC[C@@H]2NC(=O)c1cc(C(=O)NCc2ccc(C#N)s2)nc2ncnn12. The molecule has 0 bridgehead atoms. The van der Waals surface area contributed by atoms with Crippen molar-refractivity contribution in [1.82, 2.24) is 30.2 Å². The van der Waals surface area contributed by atoms with Crippen LogP contribution in [0.2, 0.25) is 0 Å². The molecule has 12 heteroatoms. The maximum Gasteiger partial charge on any atom is 0.338 e. The summed E-state index contributed by atoms with van der Waals surface area (Å²) in [5.41, 5.74) is 3.37. The molecule has 39 heavy (non-hydrogen) atoms. The highest BCUT2D eigenvalue weighted by Gasteiger charge is 2.29. The van der Waals surface area contributed by atoms with Gasteiger partial charge in [0.25, 0.3) is 17.6 Å². The predicted molar refractivity (Wildman–Crippen MR) is 141 cm³/mol. The van der Waals surface area contributed by atoms with Crippen LogP contribution in [0.5, 0.6) is 0 Å². The van der Waals surface area contributed by atoms with Gasteiger partial charge in [0.2, 0.25) is 0 Å². The van der Waals surface area contributed by atoms with E-state index in [-0.39, 0.29) is 36.4 Å². The number of carbonyl (C=O) groups is 3. The molecule has 1 aliphatic rings. The second kappa shape index (κ2) is 10.8. The maximum atomic E-state index is 13.4. The van der Waals surface area contributed by atoms with Gasteiger partial charge >= 0.3 is 5.97 Å². The molecule has 1 atom stereocenters. The van der Waals surface area contributed by atoms with E-state index in [2.05, 4.69) is 38.3 Å². The van der Waals surface area contributed by atoms with Gasteiger partial charge in [0.1, 0.15) is 35.3 Å². The summed E-state index contributed by atoms with van der Waals surface area (Å²) in [6.07, 6.45) is 4.11. The molecule has 5 rings (SSSR count). The third kappa shape index (κ3) is 5.12. The third-order valence-corrected chi connectivity index (χ3v) is 7.45.